The van der Waals surface area contributed by atoms with Gasteiger partial charge in [-0.15, -0.1) is 0 Å². The van der Waals surface area contributed by atoms with Gasteiger partial charge in [0.1, 0.15) is 5.58 Å². The molecule has 21 heavy (non-hydrogen) atoms. The lowest BCUT2D eigenvalue weighted by molar-refractivity contribution is 0.0998. The van der Waals surface area contributed by atoms with Crippen molar-refractivity contribution >= 4 is 50.1 Å². The number of benzene rings is 2. The fourth-order valence-corrected chi connectivity index (χ4v) is 2.73. The Kier molecular flexibility index (Phi) is 3.74. The molecule has 0 bridgehead atoms. The molecular weight excluding hydrogens is 354 g/mol. The first kappa shape index (κ1) is 14.2. The van der Waals surface area contributed by atoms with E-state index in [4.69, 9.17) is 16.0 Å². The third kappa shape index (κ3) is 2.96. The third-order valence-corrected chi connectivity index (χ3v) is 3.87. The van der Waals surface area contributed by atoms with E-state index < -0.39 is 0 Å². The summed E-state index contributed by atoms with van der Waals surface area (Å²) in [6, 6.07) is 12.6. The molecule has 1 aromatic heterocycles. The number of rotatable bonds is 2. The smallest absolute Gasteiger partial charge is 0.291 e. The predicted molar refractivity (Wildman–Crippen MR) is 88.1 cm³/mol. The zero-order valence-electron chi connectivity index (χ0n) is 11.1. The van der Waals surface area contributed by atoms with E-state index in [0.29, 0.717) is 10.6 Å². The molecule has 106 valence electrons. The van der Waals surface area contributed by atoms with Gasteiger partial charge in [-0.25, -0.2) is 0 Å². The number of hydrogen-bond acceptors (Lipinski definition) is 2. The molecule has 3 rings (SSSR count). The summed E-state index contributed by atoms with van der Waals surface area (Å²) >= 11 is 9.32. The van der Waals surface area contributed by atoms with Crippen LogP contribution in [0.2, 0.25) is 5.02 Å². The number of hydrogen-bond donors (Lipinski definition) is 1. The number of nitrogens with one attached hydrogen (secondary N) is 1. The highest BCUT2D eigenvalue weighted by Crippen LogP contribution is 2.25. The number of carbonyl (C=O) groups is 1. The van der Waals surface area contributed by atoms with Gasteiger partial charge in [0, 0.05) is 20.6 Å². The number of amides is 1. The van der Waals surface area contributed by atoms with Gasteiger partial charge in [0.25, 0.3) is 5.91 Å². The van der Waals surface area contributed by atoms with Gasteiger partial charge in [-0.3, -0.25) is 4.79 Å². The van der Waals surface area contributed by atoms with Crippen molar-refractivity contribution in [2.45, 2.75) is 6.92 Å². The zero-order chi connectivity index (χ0) is 15.0. The van der Waals surface area contributed by atoms with E-state index in [-0.39, 0.29) is 11.7 Å². The normalized spacial score (nSPS) is 10.8. The van der Waals surface area contributed by atoms with Crippen molar-refractivity contribution in [1.29, 1.82) is 0 Å². The molecule has 0 unspecified atom stereocenters. The Labute approximate surface area is 135 Å². The highest BCUT2D eigenvalue weighted by atomic mass is 79.9. The van der Waals surface area contributed by atoms with E-state index in [1.54, 1.807) is 24.3 Å². The average Bonchev–Trinajstić information content (AvgIpc) is 2.85. The van der Waals surface area contributed by atoms with Crippen molar-refractivity contribution in [1.82, 2.24) is 0 Å². The number of anilines is 1. The second-order valence-corrected chi connectivity index (χ2v) is 6.06. The molecular formula is C16H11BrClNO2. The summed E-state index contributed by atoms with van der Waals surface area (Å²) in [6.07, 6.45) is 0. The van der Waals surface area contributed by atoms with Crippen molar-refractivity contribution in [2.24, 2.45) is 0 Å². The number of furan rings is 1. The molecule has 0 aliphatic rings. The van der Waals surface area contributed by atoms with Gasteiger partial charge < -0.3 is 9.73 Å². The Balaban J connectivity index is 1.89. The number of aryl methyl sites for hydroxylation is 1. The fraction of sp³-hybridized carbons (Fsp3) is 0.0625. The summed E-state index contributed by atoms with van der Waals surface area (Å²) in [7, 11) is 0. The molecule has 5 heteroatoms. The molecule has 3 aromatic rings. The summed E-state index contributed by atoms with van der Waals surface area (Å²) in [6.45, 7) is 1.93. The van der Waals surface area contributed by atoms with E-state index in [9.17, 15) is 4.79 Å². The number of halogens is 2. The van der Waals surface area contributed by atoms with Crippen molar-refractivity contribution in [3.05, 3.63) is 63.3 Å². The molecule has 0 fully saturated rings. The van der Waals surface area contributed by atoms with E-state index >= 15 is 0 Å². The number of fused-ring (bicyclic) bond motifs is 1. The van der Waals surface area contributed by atoms with Crippen LogP contribution in [-0.4, -0.2) is 5.91 Å². The first-order valence-corrected chi connectivity index (χ1v) is 7.46. The van der Waals surface area contributed by atoms with Crippen LogP contribution in [0.5, 0.6) is 0 Å². The summed E-state index contributed by atoms with van der Waals surface area (Å²) in [5, 5.41) is 4.26. The minimum atomic E-state index is -0.284. The van der Waals surface area contributed by atoms with Gasteiger partial charge in [-0.2, -0.15) is 0 Å². The van der Waals surface area contributed by atoms with Crippen LogP contribution < -0.4 is 5.32 Å². The molecule has 0 spiro atoms. The van der Waals surface area contributed by atoms with Crippen LogP contribution in [0.25, 0.3) is 11.0 Å². The maximum atomic E-state index is 12.3. The maximum absolute atomic E-state index is 12.3. The Morgan fingerprint density at radius 1 is 1.19 bits per heavy atom. The van der Waals surface area contributed by atoms with Gasteiger partial charge in [0.15, 0.2) is 5.76 Å². The lowest BCUT2D eigenvalue weighted by Gasteiger charge is -2.07. The van der Waals surface area contributed by atoms with Gasteiger partial charge in [0.2, 0.25) is 0 Å². The third-order valence-electron chi connectivity index (χ3n) is 3.14. The molecule has 1 amide bonds. The SMILES string of the molecule is Cc1cc(Br)ccc1NC(=O)c1cc2cc(Cl)ccc2o1. The van der Waals surface area contributed by atoms with Crippen molar-refractivity contribution in [3.8, 4) is 0 Å². The zero-order valence-corrected chi connectivity index (χ0v) is 13.5. The van der Waals surface area contributed by atoms with Crippen LogP contribution in [-0.2, 0) is 0 Å². The van der Waals surface area contributed by atoms with Crippen LogP contribution in [0.1, 0.15) is 16.1 Å². The lowest BCUT2D eigenvalue weighted by atomic mass is 10.2. The molecule has 0 atom stereocenters. The molecule has 0 saturated carbocycles. The van der Waals surface area contributed by atoms with Crippen molar-refractivity contribution in [2.75, 3.05) is 5.32 Å². The van der Waals surface area contributed by atoms with Crippen LogP contribution in [0.15, 0.2) is 51.4 Å². The minimum absolute atomic E-state index is 0.259. The van der Waals surface area contributed by atoms with E-state index in [1.165, 1.54) is 0 Å². The largest absolute Gasteiger partial charge is 0.451 e. The van der Waals surface area contributed by atoms with E-state index in [2.05, 4.69) is 21.2 Å². The van der Waals surface area contributed by atoms with Gasteiger partial charge in [-0.1, -0.05) is 27.5 Å². The standard InChI is InChI=1S/C16H11BrClNO2/c1-9-6-11(17)2-4-13(9)19-16(20)15-8-10-7-12(18)3-5-14(10)21-15/h2-8H,1H3,(H,19,20). The lowest BCUT2D eigenvalue weighted by Crippen LogP contribution is -2.11. The summed E-state index contributed by atoms with van der Waals surface area (Å²) in [5.41, 5.74) is 2.36. The first-order chi connectivity index (χ1) is 10.0. The highest BCUT2D eigenvalue weighted by Gasteiger charge is 2.13. The molecule has 0 saturated heterocycles. The fourth-order valence-electron chi connectivity index (χ4n) is 2.08. The Hall–Kier alpha value is -1.78. The molecule has 1 N–H and O–H groups in total. The molecule has 3 nitrogen and oxygen atoms in total. The molecule has 1 heterocycles. The average molecular weight is 365 g/mol. The molecule has 0 aliphatic heterocycles. The van der Waals surface area contributed by atoms with Crippen LogP contribution in [0.4, 0.5) is 5.69 Å². The Morgan fingerprint density at radius 3 is 2.76 bits per heavy atom. The monoisotopic (exact) mass is 363 g/mol. The predicted octanol–water partition coefficient (Wildman–Crippen LogP) is 5.41. The maximum Gasteiger partial charge on any atom is 0.291 e. The second kappa shape index (κ2) is 5.54. The molecule has 2 aromatic carbocycles. The Morgan fingerprint density at radius 2 is 2.00 bits per heavy atom. The van der Waals surface area contributed by atoms with Crippen LogP contribution >= 0.6 is 27.5 Å². The molecule has 0 radical (unpaired) electrons. The van der Waals surface area contributed by atoms with Crippen molar-refractivity contribution in [3.63, 3.8) is 0 Å². The van der Waals surface area contributed by atoms with Crippen LogP contribution in [0, 0.1) is 6.92 Å². The van der Waals surface area contributed by atoms with E-state index in [1.807, 2.05) is 25.1 Å². The topological polar surface area (TPSA) is 42.2 Å². The quantitative estimate of drug-likeness (QED) is 0.660. The van der Waals surface area contributed by atoms with Gasteiger partial charge >= 0.3 is 0 Å². The number of carbonyl (C=O) groups excluding carboxylic acids is 1. The van der Waals surface area contributed by atoms with Crippen LogP contribution in [0.3, 0.4) is 0 Å². The summed E-state index contributed by atoms with van der Waals surface area (Å²) in [5.74, 6) is -0.0256. The summed E-state index contributed by atoms with van der Waals surface area (Å²) in [4.78, 5) is 12.3. The van der Waals surface area contributed by atoms with Gasteiger partial charge in [0.05, 0.1) is 0 Å². The second-order valence-electron chi connectivity index (χ2n) is 4.71. The minimum Gasteiger partial charge on any atom is -0.451 e. The molecule has 0 aliphatic carbocycles. The van der Waals surface area contributed by atoms with E-state index in [0.717, 1.165) is 21.1 Å². The first-order valence-electron chi connectivity index (χ1n) is 6.29. The van der Waals surface area contributed by atoms with Gasteiger partial charge in [-0.05, 0) is 55.0 Å². The van der Waals surface area contributed by atoms with Crippen molar-refractivity contribution < 1.29 is 9.21 Å². The Bertz CT molecular complexity index is 841. The highest BCUT2D eigenvalue weighted by molar-refractivity contribution is 9.10. The summed E-state index contributed by atoms with van der Waals surface area (Å²) < 4.78 is 6.51.